The first-order valence-corrected chi connectivity index (χ1v) is 8.17. The van der Waals surface area contributed by atoms with E-state index >= 15 is 0 Å². The number of hydrogen-bond acceptors (Lipinski definition) is 4. The molecule has 0 saturated carbocycles. The smallest absolute Gasteiger partial charge is 0.200 e. The zero-order valence-corrected chi connectivity index (χ0v) is 12.6. The second kappa shape index (κ2) is 5.32. The van der Waals surface area contributed by atoms with Gasteiger partial charge in [-0.1, -0.05) is 18.2 Å². The highest BCUT2D eigenvalue weighted by molar-refractivity contribution is 7.98. The van der Waals surface area contributed by atoms with Crippen molar-refractivity contribution in [3.63, 3.8) is 0 Å². The number of benzene rings is 1. The van der Waals surface area contributed by atoms with Gasteiger partial charge in [-0.05, 0) is 42.1 Å². The number of hydrogen-bond donors (Lipinski definition) is 1. The van der Waals surface area contributed by atoms with Crippen molar-refractivity contribution in [2.75, 3.05) is 6.26 Å². The lowest BCUT2D eigenvalue weighted by atomic mass is 10.3. The largest absolute Gasteiger partial charge is 0.266 e. The molecule has 0 aliphatic rings. The van der Waals surface area contributed by atoms with Gasteiger partial charge in [-0.3, -0.25) is 9.67 Å². The van der Waals surface area contributed by atoms with Gasteiger partial charge in [0.25, 0.3) is 0 Å². The molecule has 0 aliphatic carbocycles. The fourth-order valence-corrected chi connectivity index (χ4v) is 3.42. The van der Waals surface area contributed by atoms with Gasteiger partial charge in [0.2, 0.25) is 0 Å². The Morgan fingerprint density at radius 1 is 1.26 bits per heavy atom. The second-order valence-electron chi connectivity index (χ2n) is 3.84. The summed E-state index contributed by atoms with van der Waals surface area (Å²) < 4.78 is 2.61. The first-order chi connectivity index (χ1) is 9.31. The summed E-state index contributed by atoms with van der Waals surface area (Å²) in [4.78, 5) is 2.28. The van der Waals surface area contributed by atoms with Crippen molar-refractivity contribution in [1.29, 1.82) is 0 Å². The summed E-state index contributed by atoms with van der Waals surface area (Å²) in [5.74, 6) is 0.863. The molecule has 6 heteroatoms. The zero-order chi connectivity index (χ0) is 13.2. The topological polar surface area (TPSA) is 33.6 Å². The Morgan fingerprint density at radius 3 is 2.84 bits per heavy atom. The molecule has 0 fully saturated rings. The molecule has 0 spiro atoms. The van der Waals surface area contributed by atoms with E-state index in [1.54, 1.807) is 23.1 Å². The van der Waals surface area contributed by atoms with Crippen LogP contribution < -0.4 is 0 Å². The molecule has 0 amide bonds. The average Bonchev–Trinajstić information content (AvgIpc) is 3.07. The van der Waals surface area contributed by atoms with Crippen LogP contribution in [0.3, 0.4) is 0 Å². The molecule has 0 unspecified atom stereocenters. The van der Waals surface area contributed by atoms with Crippen molar-refractivity contribution in [2.24, 2.45) is 0 Å². The minimum atomic E-state index is 0.616. The van der Waals surface area contributed by atoms with Gasteiger partial charge in [-0.2, -0.15) is 5.10 Å². The molecule has 3 rings (SSSR count). The van der Waals surface area contributed by atoms with E-state index in [4.69, 9.17) is 12.2 Å². The molecule has 3 nitrogen and oxygen atoms in total. The standard InChI is InChI=1S/C13H11N3S3/c1-18-10-6-3-2-5-9(10)16-12(14-15-13(16)17)11-7-4-8-19-11/h2-8H,1H3,(H,15,17). The van der Waals surface area contributed by atoms with Crippen LogP contribution >= 0.6 is 35.3 Å². The minimum Gasteiger partial charge on any atom is -0.266 e. The van der Waals surface area contributed by atoms with Gasteiger partial charge in [0.05, 0.1) is 10.6 Å². The molecule has 0 radical (unpaired) electrons. The van der Waals surface area contributed by atoms with Crippen LogP contribution in [-0.2, 0) is 0 Å². The highest BCUT2D eigenvalue weighted by Crippen LogP contribution is 2.30. The summed E-state index contributed by atoms with van der Waals surface area (Å²) in [6, 6.07) is 12.3. The van der Waals surface area contributed by atoms with Crippen LogP contribution in [0.1, 0.15) is 0 Å². The molecule has 19 heavy (non-hydrogen) atoms. The van der Waals surface area contributed by atoms with Gasteiger partial charge in [0, 0.05) is 4.90 Å². The number of thiophene rings is 1. The molecule has 0 aliphatic heterocycles. The van der Waals surface area contributed by atoms with Crippen LogP contribution in [0, 0.1) is 4.77 Å². The van der Waals surface area contributed by atoms with E-state index in [1.165, 1.54) is 4.90 Å². The third kappa shape index (κ3) is 2.27. The number of nitrogens with one attached hydrogen (secondary N) is 1. The van der Waals surface area contributed by atoms with Gasteiger partial charge < -0.3 is 0 Å². The number of aromatic nitrogens is 3. The van der Waals surface area contributed by atoms with E-state index in [9.17, 15) is 0 Å². The van der Waals surface area contributed by atoms with Crippen molar-refractivity contribution < 1.29 is 0 Å². The Kier molecular flexibility index (Phi) is 3.54. The predicted molar refractivity (Wildman–Crippen MR) is 83.8 cm³/mol. The maximum absolute atomic E-state index is 5.38. The van der Waals surface area contributed by atoms with Crippen LogP contribution in [0.4, 0.5) is 0 Å². The average molecular weight is 305 g/mol. The highest BCUT2D eigenvalue weighted by atomic mass is 32.2. The molecule has 3 aromatic rings. The fourth-order valence-electron chi connectivity index (χ4n) is 1.91. The Hall–Kier alpha value is -1.37. The quantitative estimate of drug-likeness (QED) is 0.576. The predicted octanol–water partition coefficient (Wildman–Crippen LogP) is 4.38. The van der Waals surface area contributed by atoms with E-state index in [2.05, 4.69) is 28.6 Å². The number of rotatable bonds is 3. The first-order valence-electron chi connectivity index (χ1n) is 5.66. The molecule has 2 aromatic heterocycles. The summed E-state index contributed by atoms with van der Waals surface area (Å²) in [6.07, 6.45) is 2.06. The SMILES string of the molecule is CSc1ccccc1-n1c(-c2cccs2)n[nH]c1=S. The van der Waals surface area contributed by atoms with Crippen LogP contribution in [0.15, 0.2) is 46.7 Å². The normalized spacial score (nSPS) is 10.8. The van der Waals surface area contributed by atoms with Crippen LogP contribution in [0.5, 0.6) is 0 Å². The molecular formula is C13H11N3S3. The second-order valence-corrected chi connectivity index (χ2v) is 6.02. The lowest BCUT2D eigenvalue weighted by Crippen LogP contribution is -1.98. The number of H-pyrrole nitrogens is 1. The summed E-state index contributed by atoms with van der Waals surface area (Å²) in [5, 5.41) is 9.28. The van der Waals surface area contributed by atoms with E-state index in [-0.39, 0.29) is 0 Å². The number of aromatic amines is 1. The van der Waals surface area contributed by atoms with Crippen molar-refractivity contribution in [1.82, 2.24) is 14.8 Å². The highest BCUT2D eigenvalue weighted by Gasteiger charge is 2.13. The molecular weight excluding hydrogens is 294 g/mol. The van der Waals surface area contributed by atoms with Gasteiger partial charge in [0.15, 0.2) is 10.6 Å². The number of nitrogens with zero attached hydrogens (tertiary/aromatic N) is 2. The van der Waals surface area contributed by atoms with Crippen LogP contribution in [0.25, 0.3) is 16.4 Å². The van der Waals surface area contributed by atoms with E-state index in [0.717, 1.165) is 16.4 Å². The molecule has 1 aromatic carbocycles. The summed E-state index contributed by atoms with van der Waals surface area (Å²) in [6.45, 7) is 0. The third-order valence-corrected chi connectivity index (χ3v) is 4.66. The Balaban J connectivity index is 2.26. The minimum absolute atomic E-state index is 0.616. The van der Waals surface area contributed by atoms with Gasteiger partial charge >= 0.3 is 0 Å². The van der Waals surface area contributed by atoms with Gasteiger partial charge in [-0.15, -0.1) is 23.1 Å². The van der Waals surface area contributed by atoms with E-state index < -0.39 is 0 Å². The first kappa shape index (κ1) is 12.7. The van der Waals surface area contributed by atoms with Crippen molar-refractivity contribution in [3.05, 3.63) is 46.5 Å². The lowest BCUT2D eigenvalue weighted by Gasteiger charge is -2.09. The summed E-state index contributed by atoms with van der Waals surface area (Å²) in [7, 11) is 0. The molecule has 1 N–H and O–H groups in total. The summed E-state index contributed by atoms with van der Waals surface area (Å²) in [5.41, 5.74) is 1.07. The monoisotopic (exact) mass is 305 g/mol. The van der Waals surface area contributed by atoms with Crippen molar-refractivity contribution >= 4 is 35.3 Å². The van der Waals surface area contributed by atoms with Crippen LogP contribution in [0.2, 0.25) is 0 Å². The zero-order valence-electron chi connectivity index (χ0n) is 10.2. The molecule has 0 saturated heterocycles. The Morgan fingerprint density at radius 2 is 2.11 bits per heavy atom. The van der Waals surface area contributed by atoms with Crippen LogP contribution in [-0.4, -0.2) is 21.0 Å². The number of para-hydroxylation sites is 1. The van der Waals surface area contributed by atoms with E-state index in [1.807, 2.05) is 34.2 Å². The maximum Gasteiger partial charge on any atom is 0.200 e. The summed E-state index contributed by atoms with van der Waals surface area (Å²) >= 11 is 8.73. The molecule has 2 heterocycles. The Labute approximate surface area is 124 Å². The molecule has 0 bridgehead atoms. The van der Waals surface area contributed by atoms with Gasteiger partial charge in [0.1, 0.15) is 0 Å². The maximum atomic E-state index is 5.38. The fraction of sp³-hybridized carbons (Fsp3) is 0.0769. The van der Waals surface area contributed by atoms with Crippen molar-refractivity contribution in [3.8, 4) is 16.4 Å². The number of thioether (sulfide) groups is 1. The lowest BCUT2D eigenvalue weighted by molar-refractivity contribution is 1.01. The Bertz CT molecular complexity index is 741. The third-order valence-electron chi connectivity index (χ3n) is 2.74. The van der Waals surface area contributed by atoms with Crippen molar-refractivity contribution in [2.45, 2.75) is 4.90 Å². The molecule has 96 valence electrons. The van der Waals surface area contributed by atoms with E-state index in [0.29, 0.717) is 4.77 Å². The molecule has 0 atom stereocenters. The van der Waals surface area contributed by atoms with Gasteiger partial charge in [-0.25, -0.2) is 0 Å².